The maximum atomic E-state index is 13.7. The van der Waals surface area contributed by atoms with E-state index in [1.54, 1.807) is 20.1 Å². The van der Waals surface area contributed by atoms with E-state index < -0.39 is 28.5 Å². The van der Waals surface area contributed by atoms with Crippen molar-refractivity contribution in [2.45, 2.75) is 46.0 Å². The zero-order valence-corrected chi connectivity index (χ0v) is 18.9. The van der Waals surface area contributed by atoms with Gasteiger partial charge in [0, 0.05) is 30.3 Å². The first-order valence-corrected chi connectivity index (χ1v) is 10.6. The molecule has 2 heterocycles. The Morgan fingerprint density at radius 3 is 2.55 bits per heavy atom. The summed E-state index contributed by atoms with van der Waals surface area (Å²) >= 11 is 0. The molecular weight excluding hydrogens is 426 g/mol. The number of aromatic hydroxyl groups is 2. The second-order valence-electron chi connectivity index (χ2n) is 8.50. The molecule has 0 radical (unpaired) electrons. The van der Waals surface area contributed by atoms with Gasteiger partial charge in [0.05, 0.1) is 17.4 Å². The van der Waals surface area contributed by atoms with Gasteiger partial charge in [-0.1, -0.05) is 0 Å². The largest absolute Gasteiger partial charge is 0.507 e. The standard InChI is InChI=1S/C25H25NO7/c1-12-21(29)19(14(3)27)23-20(22(12)30)25(4)17(33-23)11-16(28)18(24(25)31)13(2)26-9-5-7-15-8-6-10-32-15/h6,8,10-11,26,29-30H,5,7,9H2,1-4H3. The Labute approximate surface area is 190 Å². The number of hydrogen-bond donors (Lipinski definition) is 3. The molecule has 0 bridgehead atoms. The van der Waals surface area contributed by atoms with Crippen LogP contribution in [0.3, 0.4) is 0 Å². The Hall–Kier alpha value is -3.81. The average molecular weight is 451 g/mol. The average Bonchev–Trinajstić information content (AvgIpc) is 3.36. The summed E-state index contributed by atoms with van der Waals surface area (Å²) in [6.07, 6.45) is 4.25. The van der Waals surface area contributed by atoms with E-state index >= 15 is 0 Å². The SMILES string of the molecule is CC(=O)c1c(O)c(C)c(O)c2c1OC1=CC(=O)C(=C(C)NCCCc3ccco3)C(=O)C12C. The molecule has 1 aromatic carbocycles. The lowest BCUT2D eigenvalue weighted by molar-refractivity contribution is -0.123. The molecule has 0 saturated heterocycles. The molecule has 0 fully saturated rings. The number of carbonyl (C=O) groups excluding carboxylic acids is 3. The second kappa shape index (κ2) is 7.95. The molecule has 4 rings (SSSR count). The molecule has 8 heteroatoms. The number of carbonyl (C=O) groups is 3. The van der Waals surface area contributed by atoms with Gasteiger partial charge in [-0.25, -0.2) is 0 Å². The minimum atomic E-state index is -1.51. The van der Waals surface area contributed by atoms with E-state index in [4.69, 9.17) is 9.15 Å². The Morgan fingerprint density at radius 2 is 1.91 bits per heavy atom. The third-order valence-corrected chi connectivity index (χ3v) is 6.33. The number of nitrogens with one attached hydrogen (secondary N) is 1. The highest BCUT2D eigenvalue weighted by Crippen LogP contribution is 2.57. The number of phenolic OH excluding ortho intramolecular Hbond substituents is 2. The van der Waals surface area contributed by atoms with Crippen molar-refractivity contribution in [3.8, 4) is 17.2 Å². The van der Waals surface area contributed by atoms with Crippen LogP contribution in [0.4, 0.5) is 0 Å². The van der Waals surface area contributed by atoms with Gasteiger partial charge in [0.2, 0.25) is 0 Å². The zero-order valence-electron chi connectivity index (χ0n) is 18.9. The normalized spacial score (nSPS) is 20.7. The van der Waals surface area contributed by atoms with E-state index in [1.165, 1.54) is 19.9 Å². The van der Waals surface area contributed by atoms with Gasteiger partial charge < -0.3 is 24.7 Å². The fourth-order valence-corrected chi connectivity index (χ4v) is 4.44. The summed E-state index contributed by atoms with van der Waals surface area (Å²) in [5, 5.41) is 24.4. The van der Waals surface area contributed by atoms with Crippen LogP contribution in [0.25, 0.3) is 0 Å². The van der Waals surface area contributed by atoms with E-state index in [1.807, 2.05) is 12.1 Å². The van der Waals surface area contributed by atoms with E-state index in [9.17, 15) is 24.6 Å². The Kier molecular flexibility index (Phi) is 5.40. The van der Waals surface area contributed by atoms with Gasteiger partial charge in [-0.15, -0.1) is 0 Å². The van der Waals surface area contributed by atoms with Crippen molar-refractivity contribution in [3.63, 3.8) is 0 Å². The lowest BCUT2D eigenvalue weighted by atomic mass is 9.70. The van der Waals surface area contributed by atoms with Gasteiger partial charge >= 0.3 is 0 Å². The summed E-state index contributed by atoms with van der Waals surface area (Å²) in [6.45, 7) is 6.42. The molecule has 1 unspecified atom stereocenters. The molecule has 1 aliphatic carbocycles. The van der Waals surface area contributed by atoms with Crippen molar-refractivity contribution >= 4 is 17.3 Å². The Balaban J connectivity index is 1.72. The molecule has 172 valence electrons. The van der Waals surface area contributed by atoms with Crippen LogP contribution in [0.1, 0.15) is 54.4 Å². The summed E-state index contributed by atoms with van der Waals surface area (Å²) in [6, 6.07) is 3.70. The zero-order chi connectivity index (χ0) is 24.1. The van der Waals surface area contributed by atoms with E-state index in [0.29, 0.717) is 18.7 Å². The number of furan rings is 1. The predicted molar refractivity (Wildman–Crippen MR) is 118 cm³/mol. The minimum absolute atomic E-state index is 0.0182. The molecule has 1 atom stereocenters. The van der Waals surface area contributed by atoms with Crippen molar-refractivity contribution < 1.29 is 33.8 Å². The highest BCUT2D eigenvalue weighted by atomic mass is 16.5. The van der Waals surface area contributed by atoms with Crippen LogP contribution in [0.15, 0.2) is 45.9 Å². The van der Waals surface area contributed by atoms with Crippen LogP contribution in [0.5, 0.6) is 17.2 Å². The summed E-state index contributed by atoms with van der Waals surface area (Å²) in [4.78, 5) is 38.8. The third kappa shape index (κ3) is 3.33. The molecule has 2 aliphatic rings. The molecule has 33 heavy (non-hydrogen) atoms. The number of aryl methyl sites for hydroxylation is 1. The fourth-order valence-electron chi connectivity index (χ4n) is 4.44. The van der Waals surface area contributed by atoms with E-state index in [-0.39, 0.29) is 39.5 Å². The number of ketones is 3. The number of fused-ring (bicyclic) bond motifs is 3. The highest BCUT2D eigenvalue weighted by Gasteiger charge is 2.56. The number of hydrogen-bond acceptors (Lipinski definition) is 8. The van der Waals surface area contributed by atoms with Gasteiger partial charge in [0.15, 0.2) is 17.3 Å². The first kappa shape index (κ1) is 22.4. The van der Waals surface area contributed by atoms with E-state index in [2.05, 4.69) is 5.32 Å². The summed E-state index contributed by atoms with van der Waals surface area (Å²) in [7, 11) is 0. The van der Waals surface area contributed by atoms with Gasteiger partial charge in [0.1, 0.15) is 39.7 Å². The van der Waals surface area contributed by atoms with Crippen molar-refractivity contribution in [2.75, 3.05) is 6.54 Å². The Bertz CT molecular complexity index is 1250. The molecule has 0 spiro atoms. The first-order chi connectivity index (χ1) is 15.6. The Morgan fingerprint density at radius 1 is 1.18 bits per heavy atom. The van der Waals surface area contributed by atoms with E-state index in [0.717, 1.165) is 12.2 Å². The highest BCUT2D eigenvalue weighted by molar-refractivity contribution is 6.31. The number of allylic oxidation sites excluding steroid dienone is 4. The number of phenols is 2. The van der Waals surface area contributed by atoms with Crippen LogP contribution in [0, 0.1) is 6.92 Å². The predicted octanol–water partition coefficient (Wildman–Crippen LogP) is 3.38. The van der Waals surface area contributed by atoms with Crippen LogP contribution in [0.2, 0.25) is 0 Å². The van der Waals surface area contributed by atoms with Gasteiger partial charge in [-0.05, 0) is 46.2 Å². The van der Waals surface area contributed by atoms with Crippen molar-refractivity contribution in [2.24, 2.45) is 0 Å². The number of rotatable bonds is 6. The number of benzene rings is 1. The smallest absolute Gasteiger partial charge is 0.194 e. The van der Waals surface area contributed by atoms with Gasteiger partial charge in [-0.2, -0.15) is 0 Å². The second-order valence-corrected chi connectivity index (χ2v) is 8.50. The molecular formula is C25H25NO7. The first-order valence-electron chi connectivity index (χ1n) is 10.6. The van der Waals surface area contributed by atoms with Crippen LogP contribution < -0.4 is 10.1 Å². The maximum absolute atomic E-state index is 13.7. The molecule has 3 N–H and O–H groups in total. The summed E-state index contributed by atoms with van der Waals surface area (Å²) in [5.74, 6) is -1.54. The number of ether oxygens (including phenoxy) is 1. The topological polar surface area (TPSA) is 126 Å². The lowest BCUT2D eigenvalue weighted by Crippen LogP contribution is -2.41. The van der Waals surface area contributed by atoms with Gasteiger partial charge in [-0.3, -0.25) is 14.4 Å². The van der Waals surface area contributed by atoms with Crippen molar-refractivity contribution in [1.82, 2.24) is 5.32 Å². The quantitative estimate of drug-likeness (QED) is 0.264. The minimum Gasteiger partial charge on any atom is -0.507 e. The summed E-state index contributed by atoms with van der Waals surface area (Å²) < 4.78 is 11.1. The van der Waals surface area contributed by atoms with Crippen molar-refractivity contribution in [1.29, 1.82) is 0 Å². The van der Waals surface area contributed by atoms with Gasteiger partial charge in [0.25, 0.3) is 0 Å². The molecule has 2 aromatic rings. The molecule has 1 aliphatic heterocycles. The maximum Gasteiger partial charge on any atom is 0.194 e. The molecule has 8 nitrogen and oxygen atoms in total. The van der Waals surface area contributed by atoms with Crippen LogP contribution in [-0.2, 0) is 21.4 Å². The molecule has 0 saturated carbocycles. The van der Waals surface area contributed by atoms with Crippen LogP contribution >= 0.6 is 0 Å². The summed E-state index contributed by atoms with van der Waals surface area (Å²) in [5.41, 5.74) is -1.12. The molecule has 1 aromatic heterocycles. The monoisotopic (exact) mass is 451 g/mol. The van der Waals surface area contributed by atoms with Crippen LogP contribution in [-0.4, -0.2) is 34.1 Å². The van der Waals surface area contributed by atoms with Crippen molar-refractivity contribution in [3.05, 3.63) is 64.0 Å². The molecule has 0 amide bonds. The fraction of sp³-hybridized carbons (Fsp3) is 0.320. The third-order valence-electron chi connectivity index (χ3n) is 6.33. The number of Topliss-reactive ketones (excluding diaryl/α,β-unsaturated/α-hetero) is 2. The lowest BCUT2D eigenvalue weighted by Gasteiger charge is -2.29.